The van der Waals surface area contributed by atoms with Gasteiger partial charge in [-0.1, -0.05) is 61.5 Å². The molecular weight excluding hydrogens is 354 g/mol. The molecule has 0 aliphatic heterocycles. The maximum absolute atomic E-state index is 5.80. The molecule has 3 aromatic rings. The molecule has 0 spiro atoms. The van der Waals surface area contributed by atoms with Crippen molar-refractivity contribution in [3.63, 3.8) is 0 Å². The van der Waals surface area contributed by atoms with Gasteiger partial charge >= 0.3 is 0 Å². The molecule has 0 bridgehead atoms. The molecule has 3 aromatic carbocycles. The average molecular weight is 384 g/mol. The highest BCUT2D eigenvalue weighted by molar-refractivity contribution is 6.01. The van der Waals surface area contributed by atoms with Crippen LogP contribution in [0.3, 0.4) is 0 Å². The van der Waals surface area contributed by atoms with Gasteiger partial charge in [-0.2, -0.15) is 0 Å². The Balaban J connectivity index is 1.96. The van der Waals surface area contributed by atoms with Crippen LogP contribution in [-0.2, 0) is 19.3 Å². The number of ether oxygens (including phenoxy) is 1. The highest BCUT2D eigenvalue weighted by Crippen LogP contribution is 2.43. The fraction of sp³-hybridized carbons (Fsp3) is 0.259. The molecule has 0 atom stereocenters. The topological polar surface area (TPSA) is 35.2 Å². The molecule has 29 heavy (non-hydrogen) atoms. The predicted octanol–water partition coefficient (Wildman–Crippen LogP) is 5.66. The van der Waals surface area contributed by atoms with Gasteiger partial charge in [-0.3, -0.25) is 0 Å². The van der Waals surface area contributed by atoms with Crippen LogP contribution < -0.4 is 10.5 Å². The Hall–Kier alpha value is -2.84. The second kappa shape index (κ2) is 8.67. The van der Waals surface area contributed by atoms with Gasteiger partial charge in [0.2, 0.25) is 0 Å². The Morgan fingerprint density at radius 3 is 2.41 bits per heavy atom. The Bertz CT molecular complexity index is 1030. The van der Waals surface area contributed by atoms with Crippen molar-refractivity contribution in [2.45, 2.75) is 32.6 Å². The van der Waals surface area contributed by atoms with E-state index in [-0.39, 0.29) is 0 Å². The zero-order valence-electron chi connectivity index (χ0n) is 17.4. The minimum absolute atomic E-state index is 0.684. The van der Waals surface area contributed by atoms with E-state index >= 15 is 0 Å². The van der Waals surface area contributed by atoms with Gasteiger partial charge < -0.3 is 10.5 Å². The van der Waals surface area contributed by atoms with Crippen LogP contribution in [-0.4, -0.2) is 13.7 Å². The Morgan fingerprint density at radius 2 is 1.69 bits per heavy atom. The number of allylic oxidation sites excluding steroid dienone is 1. The highest BCUT2D eigenvalue weighted by atomic mass is 16.5. The molecule has 2 nitrogen and oxygen atoms in total. The van der Waals surface area contributed by atoms with E-state index < -0.39 is 0 Å². The lowest BCUT2D eigenvalue weighted by molar-refractivity contribution is 0.414. The number of methoxy groups -OCH3 is 1. The lowest BCUT2D eigenvalue weighted by Gasteiger charge is -2.26. The van der Waals surface area contributed by atoms with Crippen molar-refractivity contribution >= 4 is 11.1 Å². The molecule has 0 heterocycles. The van der Waals surface area contributed by atoms with Gasteiger partial charge in [0.15, 0.2) is 0 Å². The quantitative estimate of drug-likeness (QED) is 0.596. The zero-order valence-corrected chi connectivity index (χ0v) is 17.4. The maximum Gasteiger partial charge on any atom is 0.119 e. The summed E-state index contributed by atoms with van der Waals surface area (Å²) in [7, 11) is 1.74. The molecule has 0 fully saturated rings. The SMILES string of the molecule is CCc1cc(CCN)ccc1C1=C(c2ccccc2)CCc2cc(OC)ccc21. The second-order valence-corrected chi connectivity index (χ2v) is 7.63. The van der Waals surface area contributed by atoms with Crippen LogP contribution in [0.1, 0.15) is 46.7 Å². The molecular formula is C27H29NO. The summed E-state index contributed by atoms with van der Waals surface area (Å²) in [4.78, 5) is 0. The van der Waals surface area contributed by atoms with Crippen LogP contribution in [0.4, 0.5) is 0 Å². The molecule has 0 saturated carbocycles. The molecule has 0 aromatic heterocycles. The standard InChI is InChI=1S/C27H29NO/c1-3-20-17-19(15-16-28)9-12-24(20)27-25(21-7-5-4-6-8-21)13-10-22-18-23(29-2)11-14-26(22)27/h4-9,11-12,14,17-18H,3,10,13,15-16,28H2,1-2H3. The summed E-state index contributed by atoms with van der Waals surface area (Å²) in [6.07, 6.45) is 4.00. The summed E-state index contributed by atoms with van der Waals surface area (Å²) in [6, 6.07) is 24.2. The van der Waals surface area contributed by atoms with E-state index in [4.69, 9.17) is 10.5 Å². The van der Waals surface area contributed by atoms with E-state index in [0.29, 0.717) is 6.54 Å². The van der Waals surface area contributed by atoms with Gasteiger partial charge in [0, 0.05) is 0 Å². The summed E-state index contributed by atoms with van der Waals surface area (Å²) in [6.45, 7) is 2.93. The number of hydrogen-bond acceptors (Lipinski definition) is 2. The van der Waals surface area contributed by atoms with Crippen molar-refractivity contribution in [2.24, 2.45) is 5.73 Å². The van der Waals surface area contributed by atoms with E-state index in [1.165, 1.54) is 44.5 Å². The number of benzene rings is 3. The van der Waals surface area contributed by atoms with Gasteiger partial charge in [-0.25, -0.2) is 0 Å². The first-order valence-electron chi connectivity index (χ1n) is 10.5. The second-order valence-electron chi connectivity index (χ2n) is 7.63. The van der Waals surface area contributed by atoms with Gasteiger partial charge in [0.1, 0.15) is 5.75 Å². The summed E-state index contributed by atoms with van der Waals surface area (Å²) in [5.41, 5.74) is 16.7. The first kappa shape index (κ1) is 19.5. The molecule has 1 aliphatic carbocycles. The van der Waals surface area contributed by atoms with Gasteiger partial charge in [-0.15, -0.1) is 0 Å². The normalized spacial score (nSPS) is 13.3. The van der Waals surface area contributed by atoms with E-state index in [0.717, 1.165) is 31.4 Å². The van der Waals surface area contributed by atoms with Crippen LogP contribution in [0.15, 0.2) is 66.7 Å². The number of nitrogens with two attached hydrogens (primary N) is 1. The molecule has 1 aliphatic rings. The van der Waals surface area contributed by atoms with Crippen molar-refractivity contribution in [3.8, 4) is 5.75 Å². The first-order valence-corrected chi connectivity index (χ1v) is 10.5. The minimum Gasteiger partial charge on any atom is -0.497 e. The van der Waals surface area contributed by atoms with Crippen molar-refractivity contribution in [1.82, 2.24) is 0 Å². The highest BCUT2D eigenvalue weighted by Gasteiger charge is 2.23. The number of rotatable bonds is 6. The predicted molar refractivity (Wildman–Crippen MR) is 122 cm³/mol. The van der Waals surface area contributed by atoms with E-state index in [1.807, 2.05) is 0 Å². The van der Waals surface area contributed by atoms with Crippen molar-refractivity contribution in [3.05, 3.63) is 100 Å². The third kappa shape index (κ3) is 3.86. The van der Waals surface area contributed by atoms with E-state index in [9.17, 15) is 0 Å². The van der Waals surface area contributed by atoms with Crippen molar-refractivity contribution in [2.75, 3.05) is 13.7 Å². The first-order chi connectivity index (χ1) is 14.2. The fourth-order valence-electron chi connectivity index (χ4n) is 4.44. The molecule has 0 unspecified atom stereocenters. The van der Waals surface area contributed by atoms with Gasteiger partial charge in [-0.05, 0) is 88.9 Å². The molecule has 148 valence electrons. The summed E-state index contributed by atoms with van der Waals surface area (Å²) in [5.74, 6) is 0.931. The summed E-state index contributed by atoms with van der Waals surface area (Å²) < 4.78 is 5.49. The van der Waals surface area contributed by atoms with E-state index in [2.05, 4.69) is 73.7 Å². The van der Waals surface area contributed by atoms with Gasteiger partial charge in [0.05, 0.1) is 7.11 Å². The number of hydrogen-bond donors (Lipinski definition) is 1. The average Bonchev–Trinajstić information content (AvgIpc) is 2.78. The third-order valence-corrected chi connectivity index (χ3v) is 5.90. The Labute approximate surface area is 174 Å². The molecule has 0 radical (unpaired) electrons. The fourth-order valence-corrected chi connectivity index (χ4v) is 4.44. The van der Waals surface area contributed by atoms with Crippen molar-refractivity contribution < 1.29 is 4.74 Å². The largest absolute Gasteiger partial charge is 0.497 e. The van der Waals surface area contributed by atoms with Gasteiger partial charge in [0.25, 0.3) is 0 Å². The molecule has 2 N–H and O–H groups in total. The minimum atomic E-state index is 0.684. The smallest absolute Gasteiger partial charge is 0.119 e. The lowest BCUT2D eigenvalue weighted by Crippen LogP contribution is -2.09. The monoisotopic (exact) mass is 383 g/mol. The van der Waals surface area contributed by atoms with Crippen LogP contribution >= 0.6 is 0 Å². The Morgan fingerprint density at radius 1 is 0.897 bits per heavy atom. The van der Waals surface area contributed by atoms with E-state index in [1.54, 1.807) is 7.11 Å². The zero-order chi connectivity index (χ0) is 20.2. The van der Waals surface area contributed by atoms with Crippen LogP contribution in [0.2, 0.25) is 0 Å². The number of aryl methyl sites for hydroxylation is 2. The molecule has 4 rings (SSSR count). The Kier molecular flexibility index (Phi) is 5.82. The van der Waals surface area contributed by atoms with Crippen molar-refractivity contribution in [1.29, 1.82) is 0 Å². The van der Waals surface area contributed by atoms with Crippen LogP contribution in [0.5, 0.6) is 5.75 Å². The maximum atomic E-state index is 5.80. The number of fused-ring (bicyclic) bond motifs is 1. The molecule has 0 saturated heterocycles. The lowest BCUT2D eigenvalue weighted by atomic mass is 9.78. The summed E-state index contributed by atoms with van der Waals surface area (Å²) in [5, 5.41) is 0. The van der Waals surface area contributed by atoms with Crippen LogP contribution in [0, 0.1) is 0 Å². The third-order valence-electron chi connectivity index (χ3n) is 5.90. The molecule has 2 heteroatoms. The summed E-state index contributed by atoms with van der Waals surface area (Å²) >= 11 is 0. The van der Waals surface area contributed by atoms with Crippen LogP contribution in [0.25, 0.3) is 11.1 Å². The molecule has 0 amide bonds.